The highest BCUT2D eigenvalue weighted by Gasteiger charge is 2.29. The summed E-state index contributed by atoms with van der Waals surface area (Å²) in [6.07, 6.45) is 4.33. The number of amides is 3. The second kappa shape index (κ2) is 7.53. The average Bonchev–Trinajstić information content (AvgIpc) is 3.40. The van der Waals surface area contributed by atoms with Crippen LogP contribution < -0.4 is 16.0 Å². The van der Waals surface area contributed by atoms with Crippen LogP contribution in [-0.4, -0.2) is 29.0 Å². The van der Waals surface area contributed by atoms with Crippen LogP contribution >= 0.6 is 0 Å². The van der Waals surface area contributed by atoms with Gasteiger partial charge in [0.25, 0.3) is 0 Å². The van der Waals surface area contributed by atoms with Crippen molar-refractivity contribution in [1.82, 2.24) is 15.6 Å². The van der Waals surface area contributed by atoms with Crippen LogP contribution in [0.25, 0.3) is 10.9 Å². The SMILES string of the molecule is O=C(Nc1ccccc1)N[C@H](Cc1c[nH]c2ccccc12)C(=O)NC1CC1. The van der Waals surface area contributed by atoms with Gasteiger partial charge in [-0.05, 0) is 36.6 Å². The maximum atomic E-state index is 12.7. The van der Waals surface area contributed by atoms with Gasteiger partial charge in [0, 0.05) is 35.2 Å². The van der Waals surface area contributed by atoms with Crippen molar-refractivity contribution >= 4 is 28.5 Å². The van der Waals surface area contributed by atoms with E-state index in [2.05, 4.69) is 20.9 Å². The molecule has 1 saturated carbocycles. The lowest BCUT2D eigenvalue weighted by molar-refractivity contribution is -0.123. The number of fused-ring (bicyclic) bond motifs is 1. The third kappa shape index (κ3) is 4.28. The molecule has 1 aliphatic rings. The van der Waals surface area contributed by atoms with Crippen LogP contribution in [-0.2, 0) is 11.2 Å². The molecule has 6 nitrogen and oxygen atoms in total. The summed E-state index contributed by atoms with van der Waals surface area (Å²) < 4.78 is 0. The summed E-state index contributed by atoms with van der Waals surface area (Å²) in [5.41, 5.74) is 2.70. The van der Waals surface area contributed by atoms with E-state index in [9.17, 15) is 9.59 Å². The zero-order valence-electron chi connectivity index (χ0n) is 14.9. The van der Waals surface area contributed by atoms with Gasteiger partial charge in [0.2, 0.25) is 5.91 Å². The number of hydrogen-bond donors (Lipinski definition) is 4. The maximum absolute atomic E-state index is 12.7. The predicted octanol–water partition coefficient (Wildman–Crippen LogP) is 3.18. The van der Waals surface area contributed by atoms with Gasteiger partial charge in [-0.2, -0.15) is 0 Å². The van der Waals surface area contributed by atoms with E-state index in [4.69, 9.17) is 0 Å². The number of H-pyrrole nitrogens is 1. The van der Waals surface area contributed by atoms with Crippen LogP contribution in [0.2, 0.25) is 0 Å². The Morgan fingerprint density at radius 3 is 2.56 bits per heavy atom. The summed E-state index contributed by atoms with van der Waals surface area (Å²) in [6, 6.07) is 16.3. The first-order chi connectivity index (χ1) is 13.2. The van der Waals surface area contributed by atoms with Crippen molar-refractivity contribution in [2.75, 3.05) is 5.32 Å². The Labute approximate surface area is 157 Å². The largest absolute Gasteiger partial charge is 0.361 e. The molecule has 1 fully saturated rings. The molecule has 1 atom stereocenters. The molecule has 0 saturated heterocycles. The minimum absolute atomic E-state index is 0.147. The fourth-order valence-corrected chi connectivity index (χ4v) is 3.11. The molecule has 4 N–H and O–H groups in total. The molecule has 6 heteroatoms. The molecule has 0 bridgehead atoms. The standard InChI is InChI=1S/C21H22N4O2/c26-20(23-16-10-11-16)19(25-21(27)24-15-6-2-1-3-7-15)12-14-13-22-18-9-5-4-8-17(14)18/h1-9,13,16,19,22H,10-12H2,(H,23,26)(H2,24,25,27)/t19-/m1/s1. The van der Waals surface area contributed by atoms with E-state index in [0.29, 0.717) is 12.1 Å². The maximum Gasteiger partial charge on any atom is 0.319 e. The predicted molar refractivity (Wildman–Crippen MR) is 106 cm³/mol. The lowest BCUT2D eigenvalue weighted by Gasteiger charge is -2.19. The first-order valence-electron chi connectivity index (χ1n) is 9.17. The van der Waals surface area contributed by atoms with Gasteiger partial charge in [0.1, 0.15) is 6.04 Å². The number of rotatable bonds is 6. The van der Waals surface area contributed by atoms with Crippen molar-refractivity contribution in [3.63, 3.8) is 0 Å². The molecule has 1 aromatic heterocycles. The van der Waals surface area contributed by atoms with Crippen LogP contribution in [0.5, 0.6) is 0 Å². The Kier molecular flexibility index (Phi) is 4.78. The topological polar surface area (TPSA) is 86.0 Å². The van der Waals surface area contributed by atoms with E-state index in [1.807, 2.05) is 48.7 Å². The molecule has 2 aromatic carbocycles. The smallest absolute Gasteiger partial charge is 0.319 e. The quantitative estimate of drug-likeness (QED) is 0.543. The Hall–Kier alpha value is -3.28. The third-order valence-electron chi connectivity index (χ3n) is 4.68. The van der Waals surface area contributed by atoms with E-state index in [1.165, 1.54) is 0 Å². The number of carbonyl (C=O) groups excluding carboxylic acids is 2. The number of nitrogens with one attached hydrogen (secondary N) is 4. The normalized spacial score (nSPS) is 14.5. The molecule has 1 heterocycles. The average molecular weight is 362 g/mol. The Morgan fingerprint density at radius 2 is 1.78 bits per heavy atom. The van der Waals surface area contributed by atoms with E-state index < -0.39 is 12.1 Å². The zero-order chi connectivity index (χ0) is 18.6. The second-order valence-corrected chi connectivity index (χ2v) is 6.86. The van der Waals surface area contributed by atoms with Crippen molar-refractivity contribution in [1.29, 1.82) is 0 Å². The number of urea groups is 1. The molecule has 0 aliphatic heterocycles. The summed E-state index contributed by atoms with van der Waals surface area (Å²) in [4.78, 5) is 28.3. The van der Waals surface area contributed by atoms with E-state index >= 15 is 0 Å². The first kappa shape index (κ1) is 17.1. The number of benzene rings is 2. The van der Waals surface area contributed by atoms with Crippen LogP contribution in [0.15, 0.2) is 60.8 Å². The number of carbonyl (C=O) groups is 2. The van der Waals surface area contributed by atoms with Gasteiger partial charge >= 0.3 is 6.03 Å². The molecule has 138 valence electrons. The first-order valence-corrected chi connectivity index (χ1v) is 9.17. The lowest BCUT2D eigenvalue weighted by atomic mass is 10.0. The zero-order valence-corrected chi connectivity index (χ0v) is 14.9. The minimum Gasteiger partial charge on any atom is -0.361 e. The highest BCUT2D eigenvalue weighted by atomic mass is 16.2. The molecule has 4 rings (SSSR count). The molecule has 3 aromatic rings. The second-order valence-electron chi connectivity index (χ2n) is 6.86. The summed E-state index contributed by atoms with van der Waals surface area (Å²) in [6.45, 7) is 0. The van der Waals surface area contributed by atoms with Gasteiger partial charge in [-0.15, -0.1) is 0 Å². The summed E-state index contributed by atoms with van der Waals surface area (Å²) in [5.74, 6) is -0.147. The molecule has 1 aliphatic carbocycles. The Bertz CT molecular complexity index is 947. The van der Waals surface area contributed by atoms with Crippen LogP contribution in [0.3, 0.4) is 0 Å². The Balaban J connectivity index is 1.49. The molecule has 0 spiro atoms. The number of hydrogen-bond acceptors (Lipinski definition) is 2. The van der Waals surface area contributed by atoms with Gasteiger partial charge in [0.15, 0.2) is 0 Å². The monoisotopic (exact) mass is 362 g/mol. The summed E-state index contributed by atoms with van der Waals surface area (Å²) >= 11 is 0. The van der Waals surface area contributed by atoms with Crippen molar-refractivity contribution in [2.24, 2.45) is 0 Å². The van der Waals surface area contributed by atoms with Gasteiger partial charge in [0.05, 0.1) is 0 Å². The van der Waals surface area contributed by atoms with E-state index in [1.54, 1.807) is 12.1 Å². The molecule has 0 radical (unpaired) electrons. The third-order valence-corrected chi connectivity index (χ3v) is 4.68. The highest BCUT2D eigenvalue weighted by molar-refractivity contribution is 5.94. The van der Waals surface area contributed by atoms with Crippen LogP contribution in [0.4, 0.5) is 10.5 Å². The van der Waals surface area contributed by atoms with Crippen LogP contribution in [0.1, 0.15) is 18.4 Å². The van der Waals surface area contributed by atoms with E-state index in [0.717, 1.165) is 29.3 Å². The molecular weight excluding hydrogens is 340 g/mol. The van der Waals surface area contributed by atoms with Crippen molar-refractivity contribution in [3.8, 4) is 0 Å². The minimum atomic E-state index is -0.645. The van der Waals surface area contributed by atoms with Gasteiger partial charge in [-0.3, -0.25) is 4.79 Å². The van der Waals surface area contributed by atoms with Crippen LogP contribution in [0, 0.1) is 0 Å². The lowest BCUT2D eigenvalue weighted by Crippen LogP contribution is -2.49. The number of aromatic nitrogens is 1. The fraction of sp³-hybridized carbons (Fsp3) is 0.238. The number of anilines is 1. The fourth-order valence-electron chi connectivity index (χ4n) is 3.11. The van der Waals surface area contributed by atoms with Crippen molar-refractivity contribution in [2.45, 2.75) is 31.3 Å². The molecule has 27 heavy (non-hydrogen) atoms. The van der Waals surface area contributed by atoms with Gasteiger partial charge in [-0.1, -0.05) is 36.4 Å². The number of para-hydroxylation sites is 2. The molecule has 3 amide bonds. The van der Waals surface area contributed by atoms with Gasteiger partial charge in [-0.25, -0.2) is 4.79 Å². The molecule has 0 unspecified atom stereocenters. The van der Waals surface area contributed by atoms with Crippen molar-refractivity contribution in [3.05, 3.63) is 66.4 Å². The highest BCUT2D eigenvalue weighted by Crippen LogP contribution is 2.21. The van der Waals surface area contributed by atoms with Crippen molar-refractivity contribution < 1.29 is 9.59 Å². The summed E-state index contributed by atoms with van der Waals surface area (Å²) in [5, 5.41) is 9.65. The Morgan fingerprint density at radius 1 is 1.04 bits per heavy atom. The van der Waals surface area contributed by atoms with E-state index in [-0.39, 0.29) is 11.9 Å². The molecular formula is C21H22N4O2. The number of aromatic amines is 1. The summed E-state index contributed by atoms with van der Waals surface area (Å²) in [7, 11) is 0. The van der Waals surface area contributed by atoms with Gasteiger partial charge < -0.3 is 20.9 Å².